The van der Waals surface area contributed by atoms with Gasteiger partial charge in [-0.1, -0.05) is 0 Å². The molecule has 0 aromatic heterocycles. The van der Waals surface area contributed by atoms with Crippen LogP contribution in [0.5, 0.6) is 5.75 Å². The third kappa shape index (κ3) is 2.91. The fraction of sp³-hybridized carbons (Fsp3) is 0.0714. The van der Waals surface area contributed by atoms with Crippen molar-refractivity contribution < 1.29 is 22.7 Å². The summed E-state index contributed by atoms with van der Waals surface area (Å²) in [6, 6.07) is 5.83. The SMILES string of the molecule is COc1cc(C(=O)Nc2ccc(F)c(F)c2F)ccc1N. The zero-order chi connectivity index (χ0) is 15.6. The van der Waals surface area contributed by atoms with E-state index in [4.69, 9.17) is 10.5 Å². The molecule has 7 heteroatoms. The van der Waals surface area contributed by atoms with E-state index in [-0.39, 0.29) is 11.3 Å². The summed E-state index contributed by atoms with van der Waals surface area (Å²) in [5.74, 6) is -4.89. The fourth-order valence-corrected chi connectivity index (χ4v) is 1.67. The molecule has 0 saturated heterocycles. The topological polar surface area (TPSA) is 64.3 Å². The standard InChI is InChI=1S/C14H11F3N2O2/c1-21-11-6-7(2-4-9(11)18)14(20)19-10-5-3-8(15)12(16)13(10)17/h2-6H,18H2,1H3,(H,19,20). The lowest BCUT2D eigenvalue weighted by molar-refractivity contribution is 0.102. The molecule has 0 spiro atoms. The monoisotopic (exact) mass is 296 g/mol. The molecule has 2 rings (SSSR count). The largest absolute Gasteiger partial charge is 0.495 e. The molecule has 0 heterocycles. The number of methoxy groups -OCH3 is 1. The minimum Gasteiger partial charge on any atom is -0.495 e. The summed E-state index contributed by atoms with van der Waals surface area (Å²) in [7, 11) is 1.38. The molecule has 3 N–H and O–H groups in total. The fourth-order valence-electron chi connectivity index (χ4n) is 1.67. The molecule has 2 aromatic carbocycles. The van der Waals surface area contributed by atoms with Gasteiger partial charge in [0.25, 0.3) is 5.91 Å². The van der Waals surface area contributed by atoms with Crippen LogP contribution in [0.4, 0.5) is 24.5 Å². The van der Waals surface area contributed by atoms with E-state index in [1.54, 1.807) is 0 Å². The van der Waals surface area contributed by atoms with Gasteiger partial charge in [0.2, 0.25) is 0 Å². The van der Waals surface area contributed by atoms with Crippen LogP contribution in [-0.4, -0.2) is 13.0 Å². The average Bonchev–Trinajstić information content (AvgIpc) is 2.48. The number of hydrogen-bond acceptors (Lipinski definition) is 3. The Morgan fingerprint density at radius 1 is 1.14 bits per heavy atom. The van der Waals surface area contributed by atoms with E-state index in [2.05, 4.69) is 5.32 Å². The highest BCUT2D eigenvalue weighted by Crippen LogP contribution is 2.24. The summed E-state index contributed by atoms with van der Waals surface area (Å²) in [5, 5.41) is 2.15. The van der Waals surface area contributed by atoms with Gasteiger partial charge in [0, 0.05) is 5.56 Å². The number of amides is 1. The van der Waals surface area contributed by atoms with Crippen LogP contribution in [0.2, 0.25) is 0 Å². The van der Waals surface area contributed by atoms with E-state index in [0.717, 1.165) is 12.1 Å². The second kappa shape index (κ2) is 5.74. The first kappa shape index (κ1) is 14.7. The number of nitrogen functional groups attached to an aromatic ring is 1. The Kier molecular flexibility index (Phi) is 4.02. The highest BCUT2D eigenvalue weighted by Gasteiger charge is 2.16. The van der Waals surface area contributed by atoms with Crippen molar-refractivity contribution >= 4 is 17.3 Å². The van der Waals surface area contributed by atoms with Gasteiger partial charge < -0.3 is 15.8 Å². The molecule has 0 fully saturated rings. The first-order chi connectivity index (χ1) is 9.93. The van der Waals surface area contributed by atoms with Crippen molar-refractivity contribution in [3.05, 3.63) is 53.3 Å². The lowest BCUT2D eigenvalue weighted by Gasteiger charge is -2.09. The highest BCUT2D eigenvalue weighted by molar-refractivity contribution is 6.04. The van der Waals surface area contributed by atoms with E-state index in [0.29, 0.717) is 5.69 Å². The Bertz CT molecular complexity index is 705. The van der Waals surface area contributed by atoms with Crippen LogP contribution in [0.1, 0.15) is 10.4 Å². The molecule has 0 unspecified atom stereocenters. The maximum absolute atomic E-state index is 13.5. The maximum atomic E-state index is 13.5. The van der Waals surface area contributed by atoms with Crippen molar-refractivity contribution in [1.29, 1.82) is 0 Å². The molecule has 0 saturated carbocycles. The van der Waals surface area contributed by atoms with Crippen LogP contribution >= 0.6 is 0 Å². The summed E-state index contributed by atoms with van der Waals surface area (Å²) < 4.78 is 44.3. The van der Waals surface area contributed by atoms with Gasteiger partial charge in [-0.3, -0.25) is 4.79 Å². The van der Waals surface area contributed by atoms with Crippen LogP contribution in [0.15, 0.2) is 30.3 Å². The number of rotatable bonds is 3. The normalized spacial score (nSPS) is 10.3. The molecule has 0 bridgehead atoms. The predicted molar refractivity (Wildman–Crippen MR) is 71.7 cm³/mol. The average molecular weight is 296 g/mol. The molecule has 0 aliphatic heterocycles. The molecule has 21 heavy (non-hydrogen) atoms. The minimum atomic E-state index is -1.65. The van der Waals surface area contributed by atoms with Crippen LogP contribution in [0, 0.1) is 17.5 Å². The summed E-state index contributed by atoms with van der Waals surface area (Å²) in [4.78, 5) is 12.0. The second-order valence-electron chi connectivity index (χ2n) is 4.13. The Labute approximate surface area is 118 Å². The maximum Gasteiger partial charge on any atom is 0.255 e. The first-order valence-electron chi connectivity index (χ1n) is 5.82. The molecule has 0 atom stereocenters. The minimum absolute atomic E-state index is 0.130. The molecule has 1 amide bonds. The Balaban J connectivity index is 2.28. The zero-order valence-corrected chi connectivity index (χ0v) is 10.9. The van der Waals surface area contributed by atoms with Gasteiger partial charge in [0.15, 0.2) is 17.5 Å². The number of carbonyl (C=O) groups excluding carboxylic acids is 1. The van der Waals surface area contributed by atoms with Crippen LogP contribution in [0.25, 0.3) is 0 Å². The summed E-state index contributed by atoms with van der Waals surface area (Å²) in [5.41, 5.74) is 5.60. The number of hydrogen-bond donors (Lipinski definition) is 2. The quantitative estimate of drug-likeness (QED) is 0.676. The van der Waals surface area contributed by atoms with Crippen molar-refractivity contribution in [3.8, 4) is 5.75 Å². The van der Waals surface area contributed by atoms with Crippen LogP contribution in [-0.2, 0) is 0 Å². The first-order valence-corrected chi connectivity index (χ1v) is 5.82. The van der Waals surface area contributed by atoms with Gasteiger partial charge in [0.05, 0.1) is 18.5 Å². The smallest absolute Gasteiger partial charge is 0.255 e. The van der Waals surface area contributed by atoms with Gasteiger partial charge in [-0.15, -0.1) is 0 Å². The zero-order valence-electron chi connectivity index (χ0n) is 10.9. The van der Waals surface area contributed by atoms with E-state index in [9.17, 15) is 18.0 Å². The Morgan fingerprint density at radius 3 is 2.52 bits per heavy atom. The molecular formula is C14H11F3N2O2. The molecule has 0 aliphatic rings. The molecule has 0 aliphatic carbocycles. The van der Waals surface area contributed by atoms with Crippen LogP contribution in [0.3, 0.4) is 0 Å². The summed E-state index contributed by atoms with van der Waals surface area (Å²) in [6.45, 7) is 0. The third-order valence-electron chi connectivity index (χ3n) is 2.78. The summed E-state index contributed by atoms with van der Waals surface area (Å²) >= 11 is 0. The van der Waals surface area contributed by atoms with E-state index >= 15 is 0 Å². The van der Waals surface area contributed by atoms with Gasteiger partial charge >= 0.3 is 0 Å². The lowest BCUT2D eigenvalue weighted by Crippen LogP contribution is -2.14. The van der Waals surface area contributed by atoms with E-state index in [1.807, 2.05) is 0 Å². The number of nitrogens with one attached hydrogen (secondary N) is 1. The van der Waals surface area contributed by atoms with Gasteiger partial charge in [-0.05, 0) is 30.3 Å². The number of anilines is 2. The number of carbonyl (C=O) groups is 1. The lowest BCUT2D eigenvalue weighted by atomic mass is 10.1. The van der Waals surface area contributed by atoms with Gasteiger partial charge in [-0.2, -0.15) is 0 Å². The van der Waals surface area contributed by atoms with Crippen molar-refractivity contribution in [2.24, 2.45) is 0 Å². The molecular weight excluding hydrogens is 285 g/mol. The molecule has 4 nitrogen and oxygen atoms in total. The van der Waals surface area contributed by atoms with Crippen molar-refractivity contribution in [1.82, 2.24) is 0 Å². The number of benzene rings is 2. The van der Waals surface area contributed by atoms with Crippen molar-refractivity contribution in [2.45, 2.75) is 0 Å². The number of halogens is 3. The van der Waals surface area contributed by atoms with Crippen molar-refractivity contribution in [3.63, 3.8) is 0 Å². The Morgan fingerprint density at radius 2 is 1.86 bits per heavy atom. The van der Waals surface area contributed by atoms with Gasteiger partial charge in [-0.25, -0.2) is 13.2 Å². The summed E-state index contributed by atoms with van der Waals surface area (Å²) in [6.07, 6.45) is 0. The Hall–Kier alpha value is -2.70. The third-order valence-corrected chi connectivity index (χ3v) is 2.78. The molecule has 0 radical (unpaired) electrons. The highest BCUT2D eigenvalue weighted by atomic mass is 19.2. The molecule has 2 aromatic rings. The predicted octanol–water partition coefficient (Wildman–Crippen LogP) is 2.95. The van der Waals surface area contributed by atoms with E-state index in [1.165, 1.54) is 25.3 Å². The number of ether oxygens (including phenoxy) is 1. The molecule has 110 valence electrons. The number of nitrogens with two attached hydrogens (primary N) is 1. The van der Waals surface area contributed by atoms with Gasteiger partial charge in [0.1, 0.15) is 5.75 Å². The van der Waals surface area contributed by atoms with Crippen LogP contribution < -0.4 is 15.8 Å². The van der Waals surface area contributed by atoms with Crippen molar-refractivity contribution in [2.75, 3.05) is 18.2 Å². The second-order valence-corrected chi connectivity index (χ2v) is 4.13. The van der Waals surface area contributed by atoms with E-state index < -0.39 is 29.0 Å².